The molecule has 0 spiro atoms. The maximum atomic E-state index is 12.5. The molecule has 154 valence electrons. The summed E-state index contributed by atoms with van der Waals surface area (Å²) in [6.07, 6.45) is 1.19. The van der Waals surface area contributed by atoms with Crippen molar-refractivity contribution in [2.75, 3.05) is 17.1 Å². The van der Waals surface area contributed by atoms with E-state index in [9.17, 15) is 13.2 Å². The summed E-state index contributed by atoms with van der Waals surface area (Å²) in [7, 11) is -2.45. The van der Waals surface area contributed by atoms with Gasteiger partial charge in [-0.15, -0.1) is 0 Å². The van der Waals surface area contributed by atoms with Crippen LogP contribution in [-0.2, 0) is 10.0 Å². The van der Waals surface area contributed by atoms with Crippen LogP contribution in [0, 0.1) is 0 Å². The van der Waals surface area contributed by atoms with Crippen LogP contribution in [0.2, 0.25) is 0 Å². The summed E-state index contributed by atoms with van der Waals surface area (Å²) in [6, 6.07) is 15.8. The fourth-order valence-corrected chi connectivity index (χ4v) is 3.56. The van der Waals surface area contributed by atoms with Crippen LogP contribution in [0.3, 0.4) is 0 Å². The van der Waals surface area contributed by atoms with E-state index in [2.05, 4.69) is 25.3 Å². The number of sulfonamides is 1. The monoisotopic (exact) mass is 443 g/mol. The third-order valence-corrected chi connectivity index (χ3v) is 5.35. The number of carbonyl (C=O) groups excluding carboxylic acids is 1. The molecule has 3 rings (SSSR count). The highest BCUT2D eigenvalue weighted by molar-refractivity contribution is 7.92. The van der Waals surface area contributed by atoms with E-state index in [1.54, 1.807) is 30.3 Å². The third-order valence-electron chi connectivity index (χ3n) is 3.78. The number of methoxy groups -OCH3 is 1. The maximum Gasteiger partial charge on any atom is 0.263 e. The fraction of sp³-hybridized carbons (Fsp3) is 0.0526. The molecule has 0 fully saturated rings. The van der Waals surface area contributed by atoms with Crippen molar-refractivity contribution in [3.8, 4) is 5.88 Å². The summed E-state index contributed by atoms with van der Waals surface area (Å²) < 4.78 is 32.3. The zero-order chi connectivity index (χ0) is 21.6. The topological polar surface area (TPSA) is 122 Å². The van der Waals surface area contributed by atoms with Gasteiger partial charge in [0.15, 0.2) is 5.11 Å². The Labute approximate surface area is 178 Å². The molecule has 9 nitrogen and oxygen atoms in total. The van der Waals surface area contributed by atoms with Crippen molar-refractivity contribution in [3.63, 3.8) is 0 Å². The second kappa shape index (κ2) is 9.29. The minimum absolute atomic E-state index is 0.0184. The lowest BCUT2D eigenvalue weighted by Gasteiger charge is -2.11. The Morgan fingerprint density at radius 1 is 1.03 bits per heavy atom. The fourth-order valence-electron chi connectivity index (χ4n) is 2.35. The second-order valence-electron chi connectivity index (χ2n) is 5.85. The lowest BCUT2D eigenvalue weighted by atomic mass is 10.2. The molecule has 3 N–H and O–H groups in total. The molecule has 11 heteroatoms. The summed E-state index contributed by atoms with van der Waals surface area (Å²) in [4.78, 5) is 19.8. The first-order valence-corrected chi connectivity index (χ1v) is 10.4. The molecule has 0 bridgehead atoms. The van der Waals surface area contributed by atoms with Crippen LogP contribution in [0.15, 0.2) is 71.9 Å². The van der Waals surface area contributed by atoms with E-state index in [1.165, 1.54) is 43.8 Å². The summed E-state index contributed by atoms with van der Waals surface area (Å²) >= 11 is 5.13. The first kappa shape index (κ1) is 21.1. The number of nitrogens with zero attached hydrogens (tertiary/aromatic N) is 2. The van der Waals surface area contributed by atoms with Crippen molar-refractivity contribution in [3.05, 3.63) is 72.6 Å². The van der Waals surface area contributed by atoms with E-state index in [0.717, 1.165) is 0 Å². The van der Waals surface area contributed by atoms with Gasteiger partial charge in [0.25, 0.3) is 15.9 Å². The normalized spacial score (nSPS) is 10.7. The average Bonchev–Trinajstić information content (AvgIpc) is 2.74. The van der Waals surface area contributed by atoms with Gasteiger partial charge in [-0.3, -0.25) is 14.8 Å². The van der Waals surface area contributed by atoms with Gasteiger partial charge in [-0.05, 0) is 48.6 Å². The van der Waals surface area contributed by atoms with Crippen LogP contribution in [0.25, 0.3) is 0 Å². The van der Waals surface area contributed by atoms with Crippen LogP contribution in [0.1, 0.15) is 10.4 Å². The SMILES string of the molecule is COc1cc(NS(=O)(=O)c2ccc(NC(=S)NC(=O)c3ccccc3)cc2)ncn1. The molecule has 0 aliphatic carbocycles. The standard InChI is InChI=1S/C19H17N5O4S2/c1-28-17-11-16(20-12-21-17)24-30(26,27)15-9-7-14(8-10-15)22-19(29)23-18(25)13-5-3-2-4-6-13/h2-12H,1H3,(H,20,21,24)(H2,22,23,25,29). The Morgan fingerprint density at radius 3 is 2.40 bits per heavy atom. The minimum atomic E-state index is -3.86. The van der Waals surface area contributed by atoms with Gasteiger partial charge in [-0.1, -0.05) is 18.2 Å². The molecular weight excluding hydrogens is 426 g/mol. The second-order valence-corrected chi connectivity index (χ2v) is 7.94. The highest BCUT2D eigenvalue weighted by Gasteiger charge is 2.16. The Kier molecular flexibility index (Phi) is 6.54. The van der Waals surface area contributed by atoms with Crippen LogP contribution >= 0.6 is 12.2 Å². The van der Waals surface area contributed by atoms with E-state index in [-0.39, 0.29) is 27.6 Å². The van der Waals surface area contributed by atoms with Gasteiger partial charge in [-0.2, -0.15) is 0 Å². The number of hydrogen-bond donors (Lipinski definition) is 3. The summed E-state index contributed by atoms with van der Waals surface area (Å²) in [5.41, 5.74) is 0.978. The Bertz CT molecular complexity index is 1150. The molecule has 0 unspecified atom stereocenters. The lowest BCUT2D eigenvalue weighted by molar-refractivity contribution is 0.0977. The quantitative estimate of drug-likeness (QED) is 0.497. The first-order valence-electron chi connectivity index (χ1n) is 8.54. The van der Waals surface area contributed by atoms with Crippen LogP contribution in [-0.4, -0.2) is 36.5 Å². The Hall–Kier alpha value is -3.57. The molecular formula is C19H17N5O4S2. The number of nitrogens with one attached hydrogen (secondary N) is 3. The predicted octanol–water partition coefficient (Wildman–Crippen LogP) is 2.41. The number of hydrogen-bond acceptors (Lipinski definition) is 7. The molecule has 2 aromatic carbocycles. The van der Waals surface area contributed by atoms with Crippen LogP contribution in [0.4, 0.5) is 11.5 Å². The Balaban J connectivity index is 1.63. The number of amides is 1. The van der Waals surface area contributed by atoms with Gasteiger partial charge < -0.3 is 10.1 Å². The summed E-state index contributed by atoms with van der Waals surface area (Å²) in [6.45, 7) is 0. The van der Waals surface area contributed by atoms with E-state index in [1.807, 2.05) is 0 Å². The average molecular weight is 444 g/mol. The van der Waals surface area contributed by atoms with Crippen LogP contribution in [0.5, 0.6) is 5.88 Å². The molecule has 0 saturated heterocycles. The van der Waals surface area contributed by atoms with E-state index in [0.29, 0.717) is 11.3 Å². The van der Waals surface area contributed by atoms with Crippen molar-refractivity contribution < 1.29 is 17.9 Å². The molecule has 1 aromatic heterocycles. The van der Waals surface area contributed by atoms with Gasteiger partial charge in [0.1, 0.15) is 12.1 Å². The zero-order valence-electron chi connectivity index (χ0n) is 15.7. The van der Waals surface area contributed by atoms with Crippen molar-refractivity contribution in [1.82, 2.24) is 15.3 Å². The molecule has 1 amide bonds. The molecule has 0 aliphatic heterocycles. The van der Waals surface area contributed by atoms with Crippen molar-refractivity contribution in [2.24, 2.45) is 0 Å². The first-order chi connectivity index (χ1) is 14.4. The number of anilines is 2. The minimum Gasteiger partial charge on any atom is -0.481 e. The summed E-state index contributed by atoms with van der Waals surface area (Å²) in [5, 5.41) is 5.48. The molecule has 3 aromatic rings. The lowest BCUT2D eigenvalue weighted by Crippen LogP contribution is -2.34. The molecule has 0 atom stereocenters. The highest BCUT2D eigenvalue weighted by Crippen LogP contribution is 2.18. The number of aromatic nitrogens is 2. The summed E-state index contributed by atoms with van der Waals surface area (Å²) in [5.74, 6) is -0.0426. The zero-order valence-corrected chi connectivity index (χ0v) is 17.3. The van der Waals surface area contributed by atoms with Gasteiger partial charge in [0.2, 0.25) is 5.88 Å². The number of thiocarbonyl (C=S) groups is 1. The maximum absolute atomic E-state index is 12.5. The number of carbonyl (C=O) groups is 1. The third kappa shape index (κ3) is 5.49. The van der Waals surface area contributed by atoms with E-state index >= 15 is 0 Å². The van der Waals surface area contributed by atoms with Crippen molar-refractivity contribution >= 4 is 44.8 Å². The predicted molar refractivity (Wildman–Crippen MR) is 116 cm³/mol. The smallest absolute Gasteiger partial charge is 0.263 e. The van der Waals surface area contributed by atoms with Crippen molar-refractivity contribution in [1.29, 1.82) is 0 Å². The van der Waals surface area contributed by atoms with Gasteiger partial charge in [0.05, 0.1) is 12.0 Å². The highest BCUT2D eigenvalue weighted by atomic mass is 32.2. The van der Waals surface area contributed by atoms with E-state index in [4.69, 9.17) is 17.0 Å². The largest absolute Gasteiger partial charge is 0.481 e. The molecule has 1 heterocycles. The van der Waals surface area contributed by atoms with Crippen molar-refractivity contribution in [2.45, 2.75) is 4.90 Å². The number of rotatable bonds is 6. The number of benzene rings is 2. The number of ether oxygens (including phenoxy) is 1. The van der Waals surface area contributed by atoms with Gasteiger partial charge in [0, 0.05) is 17.3 Å². The molecule has 0 aliphatic rings. The Morgan fingerprint density at radius 2 is 1.73 bits per heavy atom. The van der Waals surface area contributed by atoms with Crippen LogP contribution < -0.4 is 20.1 Å². The molecule has 0 radical (unpaired) electrons. The van der Waals surface area contributed by atoms with Gasteiger partial charge in [-0.25, -0.2) is 18.4 Å². The van der Waals surface area contributed by atoms with E-state index < -0.39 is 10.0 Å². The molecule has 30 heavy (non-hydrogen) atoms. The van der Waals surface area contributed by atoms with Gasteiger partial charge >= 0.3 is 0 Å². The molecule has 0 saturated carbocycles.